The van der Waals surface area contributed by atoms with Gasteiger partial charge in [-0.3, -0.25) is 14.9 Å². The van der Waals surface area contributed by atoms with E-state index in [1.807, 2.05) is 43.3 Å². The highest BCUT2D eigenvalue weighted by atomic mass is 32.1. The molecule has 3 aromatic carbocycles. The lowest BCUT2D eigenvalue weighted by molar-refractivity contribution is -0.384. The smallest absolute Gasteiger partial charge is 0.270 e. The van der Waals surface area contributed by atoms with Crippen LogP contribution in [0.2, 0.25) is 0 Å². The van der Waals surface area contributed by atoms with Crippen molar-refractivity contribution >= 4 is 38.8 Å². The van der Waals surface area contributed by atoms with Crippen LogP contribution in [0, 0.1) is 10.1 Å². The number of rotatable bonds is 6. The number of nitro benzene ring substituents is 1. The highest BCUT2D eigenvalue weighted by Crippen LogP contribution is 2.29. The summed E-state index contributed by atoms with van der Waals surface area (Å²) in [5, 5.41) is 18.1. The third kappa shape index (κ3) is 4.39. The van der Waals surface area contributed by atoms with Crippen LogP contribution in [0.4, 0.5) is 10.8 Å². The first-order valence-electron chi connectivity index (χ1n) is 9.53. The highest BCUT2D eigenvalue weighted by molar-refractivity contribution is 7.14. The lowest BCUT2D eigenvalue weighted by atomic mass is 9.97. The third-order valence-corrected chi connectivity index (χ3v) is 5.81. The fourth-order valence-electron chi connectivity index (χ4n) is 3.25. The van der Waals surface area contributed by atoms with Gasteiger partial charge in [-0.05, 0) is 35.4 Å². The van der Waals surface area contributed by atoms with E-state index in [1.165, 1.54) is 23.5 Å². The summed E-state index contributed by atoms with van der Waals surface area (Å²) in [6.07, 6.45) is 0. The summed E-state index contributed by atoms with van der Waals surface area (Å²) in [6, 6.07) is 18.0. The van der Waals surface area contributed by atoms with Crippen LogP contribution < -0.4 is 10.1 Å². The predicted molar refractivity (Wildman–Crippen MR) is 122 cm³/mol. The van der Waals surface area contributed by atoms with Gasteiger partial charge in [0.25, 0.3) is 5.69 Å². The van der Waals surface area contributed by atoms with Crippen LogP contribution in [0.1, 0.15) is 18.4 Å². The Bertz CT molecular complexity index is 1280. The molecule has 156 valence electrons. The van der Waals surface area contributed by atoms with Crippen molar-refractivity contribution in [3.63, 3.8) is 0 Å². The van der Waals surface area contributed by atoms with Crippen molar-refractivity contribution in [1.29, 1.82) is 0 Å². The molecular weight excluding hydrogens is 414 g/mol. The van der Waals surface area contributed by atoms with Gasteiger partial charge in [-0.15, -0.1) is 11.3 Å². The minimum absolute atomic E-state index is 0.00127. The second-order valence-corrected chi connectivity index (χ2v) is 7.89. The zero-order valence-corrected chi connectivity index (χ0v) is 17.7. The van der Waals surface area contributed by atoms with Crippen molar-refractivity contribution in [3.05, 3.63) is 81.7 Å². The van der Waals surface area contributed by atoms with Gasteiger partial charge in [0.15, 0.2) is 5.13 Å². The fourth-order valence-corrected chi connectivity index (χ4v) is 3.97. The van der Waals surface area contributed by atoms with Crippen molar-refractivity contribution in [2.24, 2.45) is 0 Å². The molecule has 0 saturated heterocycles. The van der Waals surface area contributed by atoms with Crippen LogP contribution in [-0.2, 0) is 4.79 Å². The van der Waals surface area contributed by atoms with Gasteiger partial charge in [0.05, 0.1) is 23.6 Å². The number of benzene rings is 3. The number of anilines is 1. The minimum Gasteiger partial charge on any atom is -0.497 e. The van der Waals surface area contributed by atoms with Gasteiger partial charge in [0.2, 0.25) is 5.91 Å². The molecule has 1 aromatic heterocycles. The average molecular weight is 433 g/mol. The van der Waals surface area contributed by atoms with E-state index in [2.05, 4.69) is 10.3 Å². The first-order chi connectivity index (χ1) is 14.9. The summed E-state index contributed by atoms with van der Waals surface area (Å²) in [5.74, 6) is 0.235. The summed E-state index contributed by atoms with van der Waals surface area (Å²) in [5.41, 5.74) is 2.10. The Morgan fingerprint density at radius 2 is 1.90 bits per heavy atom. The van der Waals surface area contributed by atoms with E-state index in [0.717, 1.165) is 22.1 Å². The maximum atomic E-state index is 12.8. The van der Waals surface area contributed by atoms with Crippen LogP contribution in [0.25, 0.3) is 22.0 Å². The first-order valence-corrected chi connectivity index (χ1v) is 10.4. The molecule has 31 heavy (non-hydrogen) atoms. The third-order valence-electron chi connectivity index (χ3n) is 5.05. The van der Waals surface area contributed by atoms with Gasteiger partial charge in [0.1, 0.15) is 5.75 Å². The average Bonchev–Trinajstić information content (AvgIpc) is 3.26. The summed E-state index contributed by atoms with van der Waals surface area (Å²) in [6.45, 7) is 1.84. The molecule has 1 atom stereocenters. The summed E-state index contributed by atoms with van der Waals surface area (Å²) >= 11 is 1.28. The van der Waals surface area contributed by atoms with Crippen molar-refractivity contribution in [2.75, 3.05) is 12.4 Å². The number of carbonyl (C=O) groups is 1. The van der Waals surface area contributed by atoms with Gasteiger partial charge in [0, 0.05) is 23.1 Å². The number of nitro groups is 1. The van der Waals surface area contributed by atoms with E-state index in [1.54, 1.807) is 24.6 Å². The Balaban J connectivity index is 1.50. The normalized spacial score (nSPS) is 11.8. The monoisotopic (exact) mass is 433 g/mol. The van der Waals surface area contributed by atoms with Gasteiger partial charge < -0.3 is 10.1 Å². The number of ether oxygens (including phenoxy) is 1. The van der Waals surface area contributed by atoms with Crippen LogP contribution in [-0.4, -0.2) is 22.9 Å². The maximum absolute atomic E-state index is 12.8. The molecule has 1 N–H and O–H groups in total. The molecule has 1 heterocycles. The molecule has 0 aliphatic carbocycles. The van der Waals surface area contributed by atoms with Crippen LogP contribution >= 0.6 is 11.3 Å². The van der Waals surface area contributed by atoms with E-state index < -0.39 is 4.92 Å². The number of hydrogen-bond acceptors (Lipinski definition) is 6. The van der Waals surface area contributed by atoms with Gasteiger partial charge in [-0.25, -0.2) is 4.98 Å². The second-order valence-electron chi connectivity index (χ2n) is 7.03. The summed E-state index contributed by atoms with van der Waals surface area (Å²) in [7, 11) is 1.63. The minimum atomic E-state index is -0.445. The number of fused-ring (bicyclic) bond motifs is 1. The van der Waals surface area contributed by atoms with E-state index in [9.17, 15) is 14.9 Å². The van der Waals surface area contributed by atoms with Crippen LogP contribution in [0.3, 0.4) is 0 Å². The molecule has 1 unspecified atom stereocenters. The Morgan fingerprint density at radius 1 is 1.13 bits per heavy atom. The molecule has 0 aliphatic rings. The largest absolute Gasteiger partial charge is 0.497 e. The fraction of sp³-hybridized carbons (Fsp3) is 0.130. The number of hydrogen-bond donors (Lipinski definition) is 1. The molecule has 0 radical (unpaired) electrons. The number of nitrogens with one attached hydrogen (secondary N) is 1. The van der Waals surface area contributed by atoms with Crippen molar-refractivity contribution < 1.29 is 14.5 Å². The lowest BCUT2D eigenvalue weighted by Crippen LogP contribution is -2.18. The molecular formula is C23H19N3O4S. The number of aromatic nitrogens is 1. The van der Waals surface area contributed by atoms with E-state index in [0.29, 0.717) is 16.4 Å². The second kappa shape index (κ2) is 8.53. The van der Waals surface area contributed by atoms with Crippen molar-refractivity contribution in [2.45, 2.75) is 12.8 Å². The number of nitrogens with zero attached hydrogens (tertiary/aromatic N) is 2. The molecule has 8 heteroatoms. The standard InChI is InChI=1S/C23H19N3O4S/c1-14(15-6-7-17-12-20(30-2)9-8-16(17)10-15)22(27)25-23-24-21(13-31-23)18-4-3-5-19(11-18)26(28)29/h3-14H,1-2H3,(H,24,25,27). The predicted octanol–water partition coefficient (Wildman–Crippen LogP) is 5.62. The quantitative estimate of drug-likeness (QED) is 0.314. The summed E-state index contributed by atoms with van der Waals surface area (Å²) in [4.78, 5) is 27.7. The Hall–Kier alpha value is -3.78. The molecule has 0 fully saturated rings. The molecule has 7 nitrogen and oxygen atoms in total. The van der Waals surface area contributed by atoms with E-state index in [4.69, 9.17) is 4.74 Å². The van der Waals surface area contributed by atoms with E-state index in [-0.39, 0.29) is 17.5 Å². The van der Waals surface area contributed by atoms with Gasteiger partial charge in [-0.2, -0.15) is 0 Å². The van der Waals surface area contributed by atoms with Crippen LogP contribution in [0.5, 0.6) is 5.75 Å². The zero-order valence-electron chi connectivity index (χ0n) is 16.9. The number of carbonyl (C=O) groups excluding carboxylic acids is 1. The zero-order chi connectivity index (χ0) is 22.0. The molecule has 0 aliphatic heterocycles. The number of amides is 1. The van der Waals surface area contributed by atoms with Gasteiger partial charge >= 0.3 is 0 Å². The topological polar surface area (TPSA) is 94.4 Å². The number of thiazole rings is 1. The molecule has 1 amide bonds. The SMILES string of the molecule is COc1ccc2cc(C(C)C(=O)Nc3nc(-c4cccc([N+](=O)[O-])c4)cs3)ccc2c1. The van der Waals surface area contributed by atoms with Crippen molar-refractivity contribution in [1.82, 2.24) is 4.98 Å². The highest BCUT2D eigenvalue weighted by Gasteiger charge is 2.18. The number of non-ortho nitro benzene ring substituents is 1. The molecule has 0 spiro atoms. The van der Waals surface area contributed by atoms with E-state index >= 15 is 0 Å². The van der Waals surface area contributed by atoms with Gasteiger partial charge in [-0.1, -0.05) is 36.4 Å². The summed E-state index contributed by atoms with van der Waals surface area (Å²) < 4.78 is 5.25. The Morgan fingerprint density at radius 3 is 2.68 bits per heavy atom. The molecule has 4 aromatic rings. The van der Waals surface area contributed by atoms with Crippen molar-refractivity contribution in [3.8, 4) is 17.0 Å². The number of methoxy groups -OCH3 is 1. The maximum Gasteiger partial charge on any atom is 0.270 e. The molecule has 4 rings (SSSR count). The lowest BCUT2D eigenvalue weighted by Gasteiger charge is -2.12. The van der Waals surface area contributed by atoms with Crippen LogP contribution in [0.15, 0.2) is 66.0 Å². The Kier molecular flexibility index (Phi) is 5.64. The first kappa shape index (κ1) is 20.5. The molecule has 0 bridgehead atoms. The Labute approximate surface area is 182 Å². The molecule has 0 saturated carbocycles.